The van der Waals surface area contributed by atoms with E-state index in [1.54, 1.807) is 0 Å². The second kappa shape index (κ2) is 5.95. The van der Waals surface area contributed by atoms with E-state index in [0.717, 1.165) is 0 Å². The van der Waals surface area contributed by atoms with Gasteiger partial charge >= 0.3 is 11.9 Å². The van der Waals surface area contributed by atoms with Crippen molar-refractivity contribution in [1.29, 1.82) is 0 Å². The van der Waals surface area contributed by atoms with Gasteiger partial charge in [0.25, 0.3) is 0 Å². The van der Waals surface area contributed by atoms with Crippen molar-refractivity contribution in [1.82, 2.24) is 0 Å². The quantitative estimate of drug-likeness (QED) is 0.592. The van der Waals surface area contributed by atoms with Gasteiger partial charge in [0.15, 0.2) is 12.2 Å². The predicted molar refractivity (Wildman–Crippen MR) is 53.9 cm³/mol. The molecule has 0 unspecified atom stereocenters. The molecular weight excluding hydrogens is 232 g/mol. The molecule has 1 saturated heterocycles. The molecule has 0 bridgehead atoms. The summed E-state index contributed by atoms with van der Waals surface area (Å²) in [5.74, 6) is -1.17. The second-order valence-corrected chi connectivity index (χ2v) is 3.77. The van der Waals surface area contributed by atoms with Crippen LogP contribution in [0.1, 0.15) is 13.8 Å². The number of aliphatic hydroxyl groups excluding tert-OH is 2. The SMILES string of the molecule is CC(=O)O[C@H]1[C@H](O)[C@@H](CO)OC[C@@H]1OC(C)=O. The van der Waals surface area contributed by atoms with E-state index in [1.165, 1.54) is 13.8 Å². The fourth-order valence-electron chi connectivity index (χ4n) is 1.66. The molecule has 4 atom stereocenters. The summed E-state index contributed by atoms with van der Waals surface area (Å²) in [6.07, 6.45) is -3.98. The second-order valence-electron chi connectivity index (χ2n) is 3.77. The van der Waals surface area contributed by atoms with E-state index in [2.05, 4.69) is 0 Å². The van der Waals surface area contributed by atoms with Gasteiger partial charge in [0.2, 0.25) is 0 Å². The highest BCUT2D eigenvalue weighted by molar-refractivity contribution is 5.67. The number of hydrogen-bond acceptors (Lipinski definition) is 7. The van der Waals surface area contributed by atoms with E-state index in [9.17, 15) is 14.7 Å². The predicted octanol–water partition coefficient (Wildman–Crippen LogP) is -1.40. The van der Waals surface area contributed by atoms with E-state index >= 15 is 0 Å². The Morgan fingerprint density at radius 1 is 1.29 bits per heavy atom. The first-order valence-electron chi connectivity index (χ1n) is 5.20. The number of esters is 2. The van der Waals surface area contributed by atoms with E-state index in [1.807, 2.05) is 0 Å². The monoisotopic (exact) mass is 248 g/mol. The molecule has 1 aliphatic heterocycles. The highest BCUT2D eigenvalue weighted by Crippen LogP contribution is 2.21. The van der Waals surface area contributed by atoms with Gasteiger partial charge in [-0.3, -0.25) is 9.59 Å². The number of aliphatic hydroxyl groups is 2. The van der Waals surface area contributed by atoms with Crippen molar-refractivity contribution >= 4 is 11.9 Å². The Hall–Kier alpha value is -1.18. The normalized spacial score (nSPS) is 32.9. The third-order valence-electron chi connectivity index (χ3n) is 2.36. The van der Waals surface area contributed by atoms with E-state index in [-0.39, 0.29) is 6.61 Å². The topological polar surface area (TPSA) is 102 Å². The zero-order valence-corrected chi connectivity index (χ0v) is 9.66. The van der Waals surface area contributed by atoms with Crippen LogP contribution in [0.15, 0.2) is 0 Å². The first-order valence-corrected chi connectivity index (χ1v) is 5.20. The molecule has 0 aromatic carbocycles. The van der Waals surface area contributed by atoms with Crippen molar-refractivity contribution in [2.24, 2.45) is 0 Å². The molecular formula is C10H16O7. The van der Waals surface area contributed by atoms with Gasteiger partial charge in [-0.15, -0.1) is 0 Å². The summed E-state index contributed by atoms with van der Waals surface area (Å²) in [7, 11) is 0. The number of ether oxygens (including phenoxy) is 3. The van der Waals surface area contributed by atoms with Gasteiger partial charge in [-0.2, -0.15) is 0 Å². The van der Waals surface area contributed by atoms with Gasteiger partial charge in [-0.05, 0) is 0 Å². The molecule has 0 spiro atoms. The molecule has 0 aliphatic carbocycles. The lowest BCUT2D eigenvalue weighted by Gasteiger charge is -2.38. The lowest BCUT2D eigenvalue weighted by molar-refractivity contribution is -0.221. The Bertz CT molecular complexity index is 290. The Balaban J connectivity index is 2.75. The summed E-state index contributed by atoms with van der Waals surface area (Å²) >= 11 is 0. The van der Waals surface area contributed by atoms with E-state index in [0.29, 0.717) is 0 Å². The molecule has 0 aromatic heterocycles. The summed E-state index contributed by atoms with van der Waals surface area (Å²) in [4.78, 5) is 21.8. The van der Waals surface area contributed by atoms with Crippen molar-refractivity contribution in [2.75, 3.05) is 13.2 Å². The van der Waals surface area contributed by atoms with Crippen LogP contribution < -0.4 is 0 Å². The molecule has 98 valence electrons. The van der Waals surface area contributed by atoms with Crippen molar-refractivity contribution < 1.29 is 34.0 Å². The fraction of sp³-hybridized carbons (Fsp3) is 0.800. The minimum absolute atomic E-state index is 0.0419. The van der Waals surface area contributed by atoms with Crippen LogP contribution in [-0.2, 0) is 23.8 Å². The van der Waals surface area contributed by atoms with Crippen molar-refractivity contribution in [3.63, 3.8) is 0 Å². The molecule has 1 aliphatic rings. The molecule has 0 saturated carbocycles. The maximum Gasteiger partial charge on any atom is 0.303 e. The lowest BCUT2D eigenvalue weighted by atomic mass is 10.00. The molecule has 1 heterocycles. The smallest absolute Gasteiger partial charge is 0.303 e. The molecule has 1 fully saturated rings. The van der Waals surface area contributed by atoms with Crippen LogP contribution in [-0.4, -0.2) is 59.8 Å². The standard InChI is InChI=1S/C10H16O7/c1-5(12)16-8-4-15-7(3-11)9(14)10(8)17-6(2)13/h7-11,14H,3-4H2,1-2H3/t7-,8+,9-,10-/m1/s1. The molecule has 0 aromatic rings. The van der Waals surface area contributed by atoms with Crippen LogP contribution in [0, 0.1) is 0 Å². The summed E-state index contributed by atoms with van der Waals surface area (Å²) in [5, 5.41) is 18.8. The molecule has 7 nitrogen and oxygen atoms in total. The average molecular weight is 248 g/mol. The van der Waals surface area contributed by atoms with Gasteiger partial charge < -0.3 is 24.4 Å². The van der Waals surface area contributed by atoms with Crippen molar-refractivity contribution in [3.8, 4) is 0 Å². The maximum absolute atomic E-state index is 10.9. The van der Waals surface area contributed by atoms with Gasteiger partial charge in [-0.1, -0.05) is 0 Å². The highest BCUT2D eigenvalue weighted by atomic mass is 16.6. The van der Waals surface area contributed by atoms with Gasteiger partial charge in [0, 0.05) is 13.8 Å². The average Bonchev–Trinajstić information content (AvgIpc) is 2.22. The third kappa shape index (κ3) is 3.65. The zero-order chi connectivity index (χ0) is 13.0. The van der Waals surface area contributed by atoms with Crippen LogP contribution in [0.4, 0.5) is 0 Å². The largest absolute Gasteiger partial charge is 0.456 e. The lowest BCUT2D eigenvalue weighted by Crippen LogP contribution is -2.56. The highest BCUT2D eigenvalue weighted by Gasteiger charge is 2.43. The first kappa shape index (κ1) is 13.9. The summed E-state index contributed by atoms with van der Waals surface area (Å²) in [6.45, 7) is 1.93. The van der Waals surface area contributed by atoms with Crippen LogP contribution in [0.5, 0.6) is 0 Å². The number of carbonyl (C=O) groups excluding carboxylic acids is 2. The molecule has 7 heteroatoms. The van der Waals surface area contributed by atoms with Crippen LogP contribution >= 0.6 is 0 Å². The van der Waals surface area contributed by atoms with Crippen LogP contribution in [0.25, 0.3) is 0 Å². The minimum atomic E-state index is -1.23. The fourth-order valence-corrected chi connectivity index (χ4v) is 1.66. The Kier molecular flexibility index (Phi) is 4.86. The minimum Gasteiger partial charge on any atom is -0.456 e. The third-order valence-corrected chi connectivity index (χ3v) is 2.36. The Labute approximate surface area is 98.3 Å². The van der Waals surface area contributed by atoms with E-state index in [4.69, 9.17) is 19.3 Å². The van der Waals surface area contributed by atoms with Gasteiger partial charge in [0.1, 0.15) is 12.2 Å². The summed E-state index contributed by atoms with van der Waals surface area (Å²) < 4.78 is 14.9. The Morgan fingerprint density at radius 3 is 2.35 bits per heavy atom. The van der Waals surface area contributed by atoms with Crippen molar-refractivity contribution in [3.05, 3.63) is 0 Å². The summed E-state index contributed by atoms with van der Waals surface area (Å²) in [6, 6.07) is 0. The maximum atomic E-state index is 10.9. The molecule has 17 heavy (non-hydrogen) atoms. The van der Waals surface area contributed by atoms with Crippen LogP contribution in [0.2, 0.25) is 0 Å². The van der Waals surface area contributed by atoms with E-state index < -0.39 is 43.0 Å². The Morgan fingerprint density at radius 2 is 1.88 bits per heavy atom. The van der Waals surface area contributed by atoms with Crippen molar-refractivity contribution in [2.45, 2.75) is 38.3 Å². The molecule has 0 radical (unpaired) electrons. The van der Waals surface area contributed by atoms with Gasteiger partial charge in [-0.25, -0.2) is 0 Å². The molecule has 0 amide bonds. The zero-order valence-electron chi connectivity index (χ0n) is 9.66. The van der Waals surface area contributed by atoms with Crippen LogP contribution in [0.3, 0.4) is 0 Å². The number of hydrogen-bond donors (Lipinski definition) is 2. The molecule has 1 rings (SSSR count). The summed E-state index contributed by atoms with van der Waals surface area (Å²) in [5.41, 5.74) is 0. The number of carbonyl (C=O) groups is 2. The first-order chi connectivity index (χ1) is 7.95. The molecule has 2 N–H and O–H groups in total. The van der Waals surface area contributed by atoms with Gasteiger partial charge in [0.05, 0.1) is 13.2 Å². The number of rotatable bonds is 3.